The van der Waals surface area contributed by atoms with E-state index in [1.54, 1.807) is 0 Å². The lowest BCUT2D eigenvalue weighted by Crippen LogP contribution is -2.31. The summed E-state index contributed by atoms with van der Waals surface area (Å²) in [6, 6.07) is 1.94. The second-order valence-electron chi connectivity index (χ2n) is 2.76. The first-order valence-corrected chi connectivity index (χ1v) is 4.12. The number of hydrogen-bond acceptors (Lipinski definition) is 3. The number of carbonyl (C=O) groups is 1. The minimum Gasteiger partial charge on any atom is -0.506 e. The molecule has 0 atom stereocenters. The molecule has 0 saturated heterocycles. The first-order valence-electron chi connectivity index (χ1n) is 3.74. The molecule has 5 nitrogen and oxygen atoms in total. The van der Waals surface area contributed by atoms with Crippen LogP contribution in [-0.2, 0) is 0 Å². The summed E-state index contributed by atoms with van der Waals surface area (Å²) in [4.78, 5) is 11.9. The zero-order valence-electron chi connectivity index (χ0n) is 7.49. The molecule has 0 spiro atoms. The first-order chi connectivity index (χ1) is 6.43. The number of nitrogens with two attached hydrogens (primary N) is 2. The van der Waals surface area contributed by atoms with Crippen molar-refractivity contribution in [3.63, 3.8) is 0 Å². The van der Waals surface area contributed by atoms with Gasteiger partial charge in [-0.1, -0.05) is 11.6 Å². The first kappa shape index (κ1) is 10.5. The van der Waals surface area contributed by atoms with E-state index >= 15 is 0 Å². The molecule has 0 aromatic heterocycles. The summed E-state index contributed by atoms with van der Waals surface area (Å²) in [7, 11) is 1.42. The van der Waals surface area contributed by atoms with E-state index in [-0.39, 0.29) is 22.1 Å². The summed E-state index contributed by atoms with van der Waals surface area (Å²) in [5, 5.41) is 9.70. The predicted octanol–water partition coefficient (Wildman–Crippen LogP) is 1.14. The number of nitrogen functional groups attached to an aromatic ring is 1. The Hall–Kier alpha value is -1.62. The minimum atomic E-state index is -0.693. The number of halogens is 1. The smallest absolute Gasteiger partial charge is 0.319 e. The SMILES string of the molecule is CN(C(N)=O)c1cc(Cl)c(N)cc1O. The normalized spacial score (nSPS) is 9.86. The highest BCUT2D eigenvalue weighted by Crippen LogP contribution is 2.33. The highest BCUT2D eigenvalue weighted by Gasteiger charge is 2.13. The van der Waals surface area contributed by atoms with Gasteiger partial charge >= 0.3 is 6.03 Å². The van der Waals surface area contributed by atoms with Gasteiger partial charge in [0.15, 0.2) is 0 Å². The second-order valence-corrected chi connectivity index (χ2v) is 3.17. The number of urea groups is 1. The number of aromatic hydroxyl groups is 1. The number of rotatable bonds is 1. The molecule has 14 heavy (non-hydrogen) atoms. The van der Waals surface area contributed by atoms with Gasteiger partial charge in [-0.25, -0.2) is 4.79 Å². The van der Waals surface area contributed by atoms with Gasteiger partial charge in [0.1, 0.15) is 5.75 Å². The number of hydrogen-bond donors (Lipinski definition) is 3. The van der Waals surface area contributed by atoms with Crippen LogP contribution in [0.3, 0.4) is 0 Å². The molecule has 0 unspecified atom stereocenters. The topological polar surface area (TPSA) is 92.6 Å². The largest absolute Gasteiger partial charge is 0.506 e. The molecule has 1 aromatic carbocycles. The molecule has 2 amide bonds. The second kappa shape index (κ2) is 3.63. The van der Waals surface area contributed by atoms with Crippen LogP contribution in [-0.4, -0.2) is 18.2 Å². The fourth-order valence-corrected chi connectivity index (χ4v) is 1.11. The summed E-state index contributed by atoms with van der Waals surface area (Å²) in [6.45, 7) is 0. The fourth-order valence-electron chi connectivity index (χ4n) is 0.955. The molecule has 0 bridgehead atoms. The molecule has 0 aliphatic heterocycles. The maximum atomic E-state index is 10.8. The van der Waals surface area contributed by atoms with Crippen molar-refractivity contribution in [3.05, 3.63) is 17.2 Å². The van der Waals surface area contributed by atoms with Crippen LogP contribution in [0, 0.1) is 0 Å². The highest BCUT2D eigenvalue weighted by molar-refractivity contribution is 6.33. The minimum absolute atomic E-state index is 0.145. The molecule has 1 aromatic rings. The van der Waals surface area contributed by atoms with Crippen LogP contribution in [0.2, 0.25) is 5.02 Å². The Morgan fingerprint density at radius 2 is 2.14 bits per heavy atom. The number of carbonyl (C=O) groups excluding carboxylic acids is 1. The van der Waals surface area contributed by atoms with Gasteiger partial charge in [-0.05, 0) is 6.07 Å². The van der Waals surface area contributed by atoms with Crippen molar-refractivity contribution in [2.24, 2.45) is 5.73 Å². The maximum Gasteiger partial charge on any atom is 0.319 e. The third-order valence-corrected chi connectivity index (χ3v) is 2.11. The van der Waals surface area contributed by atoms with Gasteiger partial charge in [-0.15, -0.1) is 0 Å². The van der Waals surface area contributed by atoms with Crippen LogP contribution < -0.4 is 16.4 Å². The number of phenolic OH excluding ortho intramolecular Hbond substituents is 1. The van der Waals surface area contributed by atoms with E-state index in [4.69, 9.17) is 23.1 Å². The highest BCUT2D eigenvalue weighted by atomic mass is 35.5. The third kappa shape index (κ3) is 1.82. The van der Waals surface area contributed by atoms with Crippen molar-refractivity contribution < 1.29 is 9.90 Å². The average molecular weight is 216 g/mol. The monoisotopic (exact) mass is 215 g/mol. The third-order valence-electron chi connectivity index (χ3n) is 1.79. The molecule has 76 valence electrons. The van der Waals surface area contributed by atoms with Crippen LogP contribution in [0.25, 0.3) is 0 Å². The van der Waals surface area contributed by atoms with E-state index in [9.17, 15) is 9.90 Å². The van der Waals surface area contributed by atoms with E-state index in [0.29, 0.717) is 0 Å². The van der Waals surface area contributed by atoms with Crippen molar-refractivity contribution in [3.8, 4) is 5.75 Å². The van der Waals surface area contributed by atoms with E-state index in [0.717, 1.165) is 4.90 Å². The Balaban J connectivity index is 3.22. The van der Waals surface area contributed by atoms with Gasteiger partial charge in [-0.2, -0.15) is 0 Å². The lowest BCUT2D eigenvalue weighted by Gasteiger charge is -2.16. The summed E-state index contributed by atoms with van der Waals surface area (Å²) < 4.78 is 0. The molecule has 0 heterocycles. The number of anilines is 2. The van der Waals surface area contributed by atoms with Crippen molar-refractivity contribution in [2.75, 3.05) is 17.7 Å². The fraction of sp³-hybridized carbons (Fsp3) is 0.125. The Bertz CT molecular complexity index is 381. The Kier molecular flexibility index (Phi) is 2.71. The number of phenols is 1. The quantitative estimate of drug-likeness (QED) is 0.614. The van der Waals surface area contributed by atoms with Crippen LogP contribution in [0.5, 0.6) is 5.75 Å². The summed E-state index contributed by atoms with van der Waals surface area (Å²) in [6.07, 6.45) is 0. The van der Waals surface area contributed by atoms with Crippen LogP contribution in [0.1, 0.15) is 0 Å². The number of primary amides is 1. The van der Waals surface area contributed by atoms with E-state index in [2.05, 4.69) is 0 Å². The van der Waals surface area contributed by atoms with Crippen molar-refractivity contribution in [1.82, 2.24) is 0 Å². The van der Waals surface area contributed by atoms with Crippen molar-refractivity contribution >= 4 is 29.0 Å². The van der Waals surface area contributed by atoms with Gasteiger partial charge in [0.05, 0.1) is 16.4 Å². The van der Waals surface area contributed by atoms with E-state index in [1.807, 2.05) is 0 Å². The van der Waals surface area contributed by atoms with Crippen molar-refractivity contribution in [2.45, 2.75) is 0 Å². The molecule has 5 N–H and O–H groups in total. The van der Waals surface area contributed by atoms with Crippen molar-refractivity contribution in [1.29, 1.82) is 0 Å². The summed E-state index contributed by atoms with van der Waals surface area (Å²) >= 11 is 5.72. The van der Waals surface area contributed by atoms with Crippen LogP contribution in [0.4, 0.5) is 16.2 Å². The molecular formula is C8H10ClN3O2. The summed E-state index contributed by atoms with van der Waals surface area (Å²) in [5.74, 6) is -0.145. The van der Waals surface area contributed by atoms with Gasteiger partial charge < -0.3 is 16.6 Å². The van der Waals surface area contributed by atoms with E-state index in [1.165, 1.54) is 19.2 Å². The predicted molar refractivity (Wildman–Crippen MR) is 55.5 cm³/mol. The molecule has 0 radical (unpaired) electrons. The Labute approximate surface area is 85.9 Å². The molecular weight excluding hydrogens is 206 g/mol. The standard InChI is InChI=1S/C8H10ClN3O2/c1-12(8(11)14)6-2-4(9)5(10)3-7(6)13/h2-3,13H,10H2,1H3,(H2,11,14). The lowest BCUT2D eigenvalue weighted by atomic mass is 10.2. The molecule has 0 fully saturated rings. The Morgan fingerprint density at radius 3 is 2.64 bits per heavy atom. The molecule has 0 aliphatic carbocycles. The van der Waals surface area contributed by atoms with E-state index < -0.39 is 6.03 Å². The molecule has 0 saturated carbocycles. The average Bonchev–Trinajstić information content (AvgIpc) is 2.10. The van der Waals surface area contributed by atoms with Gasteiger partial charge in [0.2, 0.25) is 0 Å². The Morgan fingerprint density at radius 1 is 1.57 bits per heavy atom. The molecule has 0 aliphatic rings. The number of nitrogens with zero attached hydrogens (tertiary/aromatic N) is 1. The summed E-state index contributed by atoms with van der Waals surface area (Å²) in [5.41, 5.74) is 10.9. The molecule has 1 rings (SSSR count). The zero-order chi connectivity index (χ0) is 10.9. The van der Waals surface area contributed by atoms with Gasteiger partial charge in [-0.3, -0.25) is 4.90 Å². The van der Waals surface area contributed by atoms with Gasteiger partial charge in [0.25, 0.3) is 0 Å². The van der Waals surface area contributed by atoms with Crippen LogP contribution >= 0.6 is 11.6 Å². The number of benzene rings is 1. The van der Waals surface area contributed by atoms with Crippen LogP contribution in [0.15, 0.2) is 12.1 Å². The zero-order valence-corrected chi connectivity index (χ0v) is 8.25. The lowest BCUT2D eigenvalue weighted by molar-refractivity contribution is 0.255. The molecule has 6 heteroatoms. The number of amides is 2. The maximum absolute atomic E-state index is 10.8. The van der Waals surface area contributed by atoms with Gasteiger partial charge in [0, 0.05) is 13.1 Å².